The molecule has 8 rings (SSSR count). The van der Waals surface area contributed by atoms with E-state index in [9.17, 15) is 5.11 Å². The number of aryl methyl sites for hydroxylation is 1. The number of hydrogen-bond donors (Lipinski definition) is 4. The first-order valence-electron chi connectivity index (χ1n) is 12.6. The summed E-state index contributed by atoms with van der Waals surface area (Å²) >= 11 is 0. The molecule has 36 heavy (non-hydrogen) atoms. The zero-order valence-corrected chi connectivity index (χ0v) is 20.3. The van der Waals surface area contributed by atoms with Gasteiger partial charge in [0.25, 0.3) is 0 Å². The fourth-order valence-corrected chi connectivity index (χ4v) is 6.90. The second kappa shape index (κ2) is 7.89. The van der Waals surface area contributed by atoms with Gasteiger partial charge in [-0.1, -0.05) is 6.07 Å². The first-order chi connectivity index (χ1) is 17.5. The second-order valence-corrected chi connectivity index (χ2v) is 10.7. The summed E-state index contributed by atoms with van der Waals surface area (Å²) in [6.07, 6.45) is 7.59. The average Bonchev–Trinajstić information content (AvgIpc) is 3.44. The van der Waals surface area contributed by atoms with Crippen molar-refractivity contribution >= 4 is 28.5 Å². The minimum Gasteiger partial charge on any atom is -0.495 e. The van der Waals surface area contributed by atoms with Gasteiger partial charge >= 0.3 is 0 Å². The van der Waals surface area contributed by atoms with Crippen molar-refractivity contribution in [3.8, 4) is 16.9 Å². The van der Waals surface area contributed by atoms with E-state index in [-0.39, 0.29) is 12.0 Å². The van der Waals surface area contributed by atoms with Gasteiger partial charge in [0.1, 0.15) is 11.6 Å². The maximum absolute atomic E-state index is 11.2. The number of benzene rings is 1. The Morgan fingerprint density at radius 1 is 1.08 bits per heavy atom. The number of H-pyrrole nitrogens is 1. The molecule has 3 aromatic heterocycles. The highest BCUT2D eigenvalue weighted by atomic mass is 16.5. The molecule has 3 heterocycles. The van der Waals surface area contributed by atoms with Crippen molar-refractivity contribution in [1.29, 1.82) is 0 Å². The predicted octanol–water partition coefficient (Wildman–Crippen LogP) is 4.44. The maximum Gasteiger partial charge on any atom is 0.225 e. The van der Waals surface area contributed by atoms with Crippen molar-refractivity contribution in [3.63, 3.8) is 0 Å². The molecule has 4 aliphatic carbocycles. The van der Waals surface area contributed by atoms with E-state index < -0.39 is 5.60 Å². The van der Waals surface area contributed by atoms with Gasteiger partial charge in [0, 0.05) is 40.9 Å². The molecule has 4 fully saturated rings. The normalized spacial score (nSPS) is 28.1. The first kappa shape index (κ1) is 21.6. The van der Waals surface area contributed by atoms with Crippen LogP contribution < -0.4 is 15.4 Å². The number of pyridine rings is 1. The molecule has 0 amide bonds. The molecule has 5 unspecified atom stereocenters. The summed E-state index contributed by atoms with van der Waals surface area (Å²) in [5.41, 5.74) is 3.20. The lowest BCUT2D eigenvalue weighted by Crippen LogP contribution is -2.37. The lowest BCUT2D eigenvalue weighted by molar-refractivity contribution is 0.00988. The Hall–Kier alpha value is -3.72. The number of aromatic amines is 1. The van der Waals surface area contributed by atoms with Crippen LogP contribution in [0.1, 0.15) is 31.4 Å². The van der Waals surface area contributed by atoms with Gasteiger partial charge in [-0.25, -0.2) is 4.98 Å². The van der Waals surface area contributed by atoms with Crippen molar-refractivity contribution < 1.29 is 9.84 Å². The van der Waals surface area contributed by atoms with Crippen LogP contribution in [0.15, 0.2) is 42.7 Å². The van der Waals surface area contributed by atoms with E-state index in [1.807, 2.05) is 37.4 Å². The summed E-state index contributed by atoms with van der Waals surface area (Å²) in [6.45, 7) is 1.96. The summed E-state index contributed by atoms with van der Waals surface area (Å²) in [4.78, 5) is 14.1. The van der Waals surface area contributed by atoms with Crippen LogP contribution in [0.2, 0.25) is 0 Å². The number of hydrogen-bond acceptors (Lipinski definition) is 8. The third-order valence-electron chi connectivity index (χ3n) is 8.34. The van der Waals surface area contributed by atoms with Crippen LogP contribution in [-0.2, 0) is 0 Å². The van der Waals surface area contributed by atoms with E-state index in [4.69, 9.17) is 14.7 Å². The maximum atomic E-state index is 11.2. The Morgan fingerprint density at radius 2 is 2.00 bits per heavy atom. The topological polar surface area (TPSA) is 121 Å². The monoisotopic (exact) mass is 483 g/mol. The number of rotatable bonds is 6. The molecule has 5 atom stereocenters. The van der Waals surface area contributed by atoms with Gasteiger partial charge in [0.2, 0.25) is 5.95 Å². The van der Waals surface area contributed by atoms with Crippen molar-refractivity contribution in [2.24, 2.45) is 17.8 Å². The van der Waals surface area contributed by atoms with Gasteiger partial charge in [-0.15, -0.1) is 0 Å². The van der Waals surface area contributed by atoms with Crippen LogP contribution in [0, 0.1) is 24.7 Å². The van der Waals surface area contributed by atoms with Crippen LogP contribution >= 0.6 is 0 Å². The van der Waals surface area contributed by atoms with Crippen molar-refractivity contribution in [2.45, 2.75) is 44.2 Å². The van der Waals surface area contributed by atoms with E-state index in [0.29, 0.717) is 35.2 Å². The van der Waals surface area contributed by atoms with Crippen molar-refractivity contribution in [1.82, 2.24) is 25.1 Å². The quantitative estimate of drug-likeness (QED) is 0.318. The molecule has 0 saturated heterocycles. The number of nitrogens with one attached hydrogen (secondary N) is 3. The summed E-state index contributed by atoms with van der Waals surface area (Å²) < 4.78 is 5.36. The molecule has 4 N–H and O–H groups in total. The van der Waals surface area contributed by atoms with Crippen molar-refractivity contribution in [3.05, 3.63) is 48.4 Å². The third-order valence-corrected chi connectivity index (χ3v) is 8.34. The lowest BCUT2D eigenvalue weighted by Gasteiger charge is -2.32. The predicted molar refractivity (Wildman–Crippen MR) is 137 cm³/mol. The Bertz CT molecular complexity index is 1470. The van der Waals surface area contributed by atoms with Gasteiger partial charge in [-0.3, -0.25) is 10.1 Å². The molecular weight excluding hydrogens is 454 g/mol. The number of anilines is 3. The summed E-state index contributed by atoms with van der Waals surface area (Å²) in [5, 5.41) is 26.4. The third kappa shape index (κ3) is 3.49. The zero-order valence-electron chi connectivity index (χ0n) is 20.3. The smallest absolute Gasteiger partial charge is 0.225 e. The zero-order chi connectivity index (χ0) is 24.4. The molecular formula is C27H29N7O2. The van der Waals surface area contributed by atoms with Gasteiger partial charge in [-0.2, -0.15) is 10.1 Å². The molecule has 9 heteroatoms. The van der Waals surface area contributed by atoms with Crippen LogP contribution in [0.25, 0.3) is 22.0 Å². The summed E-state index contributed by atoms with van der Waals surface area (Å²) in [5.74, 6) is 4.06. The molecule has 0 spiro atoms. The first-order valence-corrected chi connectivity index (χ1v) is 12.6. The highest BCUT2D eigenvalue weighted by Gasteiger charge is 2.62. The summed E-state index contributed by atoms with van der Waals surface area (Å²) in [7, 11) is 1.64. The van der Waals surface area contributed by atoms with Crippen LogP contribution in [0.5, 0.6) is 5.75 Å². The Morgan fingerprint density at radius 3 is 2.81 bits per heavy atom. The van der Waals surface area contributed by atoms with Crippen LogP contribution in [0.4, 0.5) is 17.6 Å². The van der Waals surface area contributed by atoms with E-state index in [0.717, 1.165) is 47.0 Å². The molecule has 4 aliphatic rings. The molecule has 9 nitrogen and oxygen atoms in total. The van der Waals surface area contributed by atoms with E-state index in [1.165, 1.54) is 6.42 Å². The molecule has 1 aromatic carbocycles. The Kier molecular flexibility index (Phi) is 4.73. The van der Waals surface area contributed by atoms with Gasteiger partial charge in [0.05, 0.1) is 24.4 Å². The lowest BCUT2D eigenvalue weighted by atomic mass is 9.79. The van der Waals surface area contributed by atoms with Gasteiger partial charge < -0.3 is 20.5 Å². The molecule has 184 valence electrons. The molecule has 0 radical (unpaired) electrons. The van der Waals surface area contributed by atoms with Gasteiger partial charge in [-0.05, 0) is 68.2 Å². The average molecular weight is 484 g/mol. The molecule has 4 bridgehead atoms. The van der Waals surface area contributed by atoms with Crippen LogP contribution in [0.3, 0.4) is 0 Å². The van der Waals surface area contributed by atoms with Crippen LogP contribution in [-0.4, -0.2) is 49.0 Å². The molecule has 4 saturated carbocycles. The summed E-state index contributed by atoms with van der Waals surface area (Å²) in [6, 6.07) is 10.2. The van der Waals surface area contributed by atoms with E-state index in [2.05, 4.69) is 31.9 Å². The largest absolute Gasteiger partial charge is 0.495 e. The van der Waals surface area contributed by atoms with Crippen molar-refractivity contribution in [2.75, 3.05) is 17.7 Å². The number of aromatic nitrogens is 5. The number of nitrogens with zero attached hydrogens (tertiary/aromatic N) is 4. The standard InChI is InChI=1S/C27H29N7O2/c1-14-5-23(34-33-14)30-25-20-4-3-16(18-8-19(36-2)13-28-12-18)9-22(20)29-26(32-25)31-24-17-6-15-7-21(24)27(35,10-15)11-17/h3-5,8-9,12-13,15,17,21,24,35H,6-7,10-11H2,1-2H3,(H3,29,30,31,32,33,34). The fraction of sp³-hybridized carbons (Fsp3) is 0.407. The molecule has 4 aromatic rings. The van der Waals surface area contributed by atoms with E-state index >= 15 is 0 Å². The number of ether oxygens (including phenoxy) is 1. The SMILES string of the molecule is COc1cncc(-c2ccc3c(Nc4cc(C)[nH]n4)nc(NC4C5CC6CC4C(O)(C6)C5)nc3c2)c1. The highest BCUT2D eigenvalue weighted by Crippen LogP contribution is 2.60. The number of fused-ring (bicyclic) bond motifs is 1. The number of methoxy groups -OCH3 is 1. The minimum absolute atomic E-state index is 0.192. The molecule has 0 aliphatic heterocycles. The van der Waals surface area contributed by atoms with E-state index in [1.54, 1.807) is 13.3 Å². The Balaban J connectivity index is 1.29. The number of aliphatic hydroxyl groups is 1. The minimum atomic E-state index is -0.526. The second-order valence-electron chi connectivity index (χ2n) is 10.7. The Labute approximate surface area is 208 Å². The highest BCUT2D eigenvalue weighted by molar-refractivity contribution is 5.94. The fourth-order valence-electron chi connectivity index (χ4n) is 6.90. The van der Waals surface area contributed by atoms with Gasteiger partial charge in [0.15, 0.2) is 5.82 Å².